The van der Waals surface area contributed by atoms with Crippen LogP contribution in [0.5, 0.6) is 0 Å². The van der Waals surface area contributed by atoms with Gasteiger partial charge in [-0.25, -0.2) is 0 Å². The van der Waals surface area contributed by atoms with Crippen molar-refractivity contribution in [2.45, 2.75) is 96.1 Å². The molecule has 37 heavy (non-hydrogen) atoms. The van der Waals surface area contributed by atoms with Crippen LogP contribution in [0.3, 0.4) is 0 Å². The minimum atomic E-state index is -1.77. The highest BCUT2D eigenvalue weighted by atomic mass is 28.3. The Bertz CT molecular complexity index is 1220. The molecule has 2 bridgehead atoms. The minimum absolute atomic E-state index is 0.207. The van der Waals surface area contributed by atoms with Crippen molar-refractivity contribution >= 4 is 39.8 Å². The van der Waals surface area contributed by atoms with Crippen LogP contribution >= 0.6 is 0 Å². The van der Waals surface area contributed by atoms with E-state index in [4.69, 9.17) is 0 Å². The maximum Gasteiger partial charge on any atom is 0.141 e. The molecule has 0 unspecified atom stereocenters. The molecule has 3 aliphatic rings. The van der Waals surface area contributed by atoms with Crippen molar-refractivity contribution in [1.29, 1.82) is 0 Å². The Morgan fingerprint density at radius 3 is 1.16 bits per heavy atom. The Balaban J connectivity index is 2.10. The molecular formula is C33H46OSi3. The summed E-state index contributed by atoms with van der Waals surface area (Å²) >= 11 is 0. The lowest BCUT2D eigenvalue weighted by Gasteiger charge is -2.58. The van der Waals surface area contributed by atoms with E-state index in [0.717, 1.165) is 6.42 Å². The third-order valence-electron chi connectivity index (χ3n) is 8.99. The zero-order valence-corrected chi connectivity index (χ0v) is 27.8. The van der Waals surface area contributed by atoms with E-state index < -0.39 is 29.8 Å². The topological polar surface area (TPSA) is 20.2 Å². The first-order valence-corrected chi connectivity index (χ1v) is 24.8. The highest BCUT2D eigenvalue weighted by Crippen LogP contribution is 2.62. The summed E-state index contributed by atoms with van der Waals surface area (Å²) in [6, 6.07) is 21.0. The fourth-order valence-corrected chi connectivity index (χ4v) is 12.4. The van der Waals surface area contributed by atoms with Crippen molar-refractivity contribution in [2.24, 2.45) is 0 Å². The number of unbranched alkanes of at least 4 members (excludes halogenated alkanes) is 1. The SMILES string of the molecule is CCCCC12c3cccc([Si](C)(C)C)c3C(O)(c3c1cccc3[Si](C)(C)C)c1c2cccc1[Si](C)(C)C. The summed E-state index contributed by atoms with van der Waals surface area (Å²) in [4.78, 5) is 0. The van der Waals surface area contributed by atoms with Gasteiger partial charge in [-0.05, 0) is 39.8 Å². The predicted octanol–water partition coefficient (Wildman–Crippen LogP) is 6.76. The fraction of sp³-hybridized carbons (Fsp3) is 0.455. The van der Waals surface area contributed by atoms with Crippen molar-refractivity contribution in [2.75, 3.05) is 0 Å². The molecule has 1 nitrogen and oxygen atoms in total. The molecule has 1 N–H and O–H groups in total. The fourth-order valence-electron chi connectivity index (χ4n) is 7.42. The molecule has 3 aromatic carbocycles. The van der Waals surface area contributed by atoms with Gasteiger partial charge in [0.25, 0.3) is 0 Å². The average Bonchev–Trinajstić information content (AvgIpc) is 2.81. The van der Waals surface area contributed by atoms with E-state index in [1.807, 2.05) is 0 Å². The summed E-state index contributed by atoms with van der Waals surface area (Å²) in [5.74, 6) is 0. The van der Waals surface area contributed by atoms with Gasteiger partial charge < -0.3 is 5.11 Å². The molecule has 4 heteroatoms. The summed E-state index contributed by atoms with van der Waals surface area (Å²) in [7, 11) is -5.30. The first kappa shape index (κ1) is 26.9. The van der Waals surface area contributed by atoms with Gasteiger partial charge in [-0.1, -0.05) is 149 Å². The molecule has 0 heterocycles. The Kier molecular flexibility index (Phi) is 6.09. The van der Waals surface area contributed by atoms with Crippen molar-refractivity contribution in [1.82, 2.24) is 0 Å². The minimum Gasteiger partial charge on any atom is -0.376 e. The Labute approximate surface area is 228 Å². The van der Waals surface area contributed by atoms with Gasteiger partial charge in [-0.15, -0.1) is 0 Å². The quantitative estimate of drug-likeness (QED) is 0.341. The predicted molar refractivity (Wildman–Crippen MR) is 170 cm³/mol. The lowest BCUT2D eigenvalue weighted by Crippen LogP contribution is -2.62. The molecule has 0 radical (unpaired) electrons. The van der Waals surface area contributed by atoms with E-state index in [0.29, 0.717) is 0 Å². The van der Waals surface area contributed by atoms with Gasteiger partial charge in [0, 0.05) is 5.41 Å². The van der Waals surface area contributed by atoms with Gasteiger partial charge >= 0.3 is 0 Å². The summed E-state index contributed by atoms with van der Waals surface area (Å²) in [6.45, 7) is 24.3. The summed E-state index contributed by atoms with van der Waals surface area (Å²) in [5, 5.41) is 18.0. The second kappa shape index (κ2) is 8.38. The van der Waals surface area contributed by atoms with Crippen LogP contribution in [0.25, 0.3) is 0 Å². The molecule has 0 saturated carbocycles. The molecule has 0 amide bonds. The van der Waals surface area contributed by atoms with Gasteiger partial charge in [0.2, 0.25) is 0 Å². The van der Waals surface area contributed by atoms with E-state index in [2.05, 4.69) is 120 Å². The van der Waals surface area contributed by atoms with E-state index in [-0.39, 0.29) is 5.41 Å². The molecular weight excluding hydrogens is 497 g/mol. The van der Waals surface area contributed by atoms with Crippen LogP contribution in [-0.4, -0.2) is 29.3 Å². The Morgan fingerprint density at radius 2 is 0.892 bits per heavy atom. The third-order valence-corrected chi connectivity index (χ3v) is 15.1. The van der Waals surface area contributed by atoms with E-state index >= 15 is 0 Å². The zero-order valence-electron chi connectivity index (χ0n) is 24.8. The van der Waals surface area contributed by atoms with Gasteiger partial charge in [0.1, 0.15) is 5.60 Å². The average molecular weight is 543 g/mol. The van der Waals surface area contributed by atoms with Crippen molar-refractivity contribution < 1.29 is 5.11 Å². The monoisotopic (exact) mass is 542 g/mol. The Hall–Kier alpha value is -1.73. The largest absolute Gasteiger partial charge is 0.376 e. The first-order chi connectivity index (χ1) is 17.1. The number of benzene rings is 3. The highest BCUT2D eigenvalue weighted by Gasteiger charge is 2.61. The van der Waals surface area contributed by atoms with Crippen LogP contribution in [-0.2, 0) is 11.0 Å². The van der Waals surface area contributed by atoms with E-state index in [9.17, 15) is 5.11 Å². The van der Waals surface area contributed by atoms with Crippen LogP contribution < -0.4 is 15.6 Å². The first-order valence-electron chi connectivity index (χ1n) is 14.3. The van der Waals surface area contributed by atoms with Crippen molar-refractivity contribution in [3.05, 3.63) is 88.0 Å². The zero-order chi connectivity index (χ0) is 27.2. The molecule has 0 aliphatic heterocycles. The van der Waals surface area contributed by atoms with Gasteiger partial charge in [-0.2, -0.15) is 0 Å². The maximum absolute atomic E-state index is 13.7. The molecule has 0 saturated heterocycles. The molecule has 0 atom stereocenters. The van der Waals surface area contributed by atoms with Crippen LogP contribution in [0.4, 0.5) is 0 Å². The summed E-state index contributed by atoms with van der Waals surface area (Å²) in [6.07, 6.45) is 3.43. The van der Waals surface area contributed by atoms with Crippen LogP contribution in [0, 0.1) is 0 Å². The van der Waals surface area contributed by atoms with Crippen LogP contribution in [0.15, 0.2) is 54.6 Å². The summed E-state index contributed by atoms with van der Waals surface area (Å²) in [5.41, 5.74) is 6.58. The number of hydrogen-bond donors (Lipinski definition) is 1. The second-order valence-corrected chi connectivity index (χ2v) is 29.8. The maximum atomic E-state index is 13.7. The molecule has 0 fully saturated rings. The summed E-state index contributed by atoms with van der Waals surface area (Å²) < 4.78 is 0. The number of rotatable bonds is 6. The molecule has 3 aromatic rings. The lowest BCUT2D eigenvalue weighted by atomic mass is 9.50. The molecule has 3 aliphatic carbocycles. The number of hydrogen-bond acceptors (Lipinski definition) is 1. The normalized spacial score (nSPS) is 22.5. The third kappa shape index (κ3) is 3.62. The molecule has 196 valence electrons. The highest BCUT2D eigenvalue weighted by molar-refractivity contribution is 6.90. The lowest BCUT2D eigenvalue weighted by molar-refractivity contribution is 0.109. The number of aliphatic hydroxyl groups is 1. The second-order valence-electron chi connectivity index (χ2n) is 14.7. The molecule has 0 spiro atoms. The Morgan fingerprint density at radius 1 is 0.568 bits per heavy atom. The van der Waals surface area contributed by atoms with Crippen molar-refractivity contribution in [3.8, 4) is 0 Å². The van der Waals surface area contributed by atoms with Gasteiger partial charge in [0.15, 0.2) is 0 Å². The smallest absolute Gasteiger partial charge is 0.141 e. The van der Waals surface area contributed by atoms with E-state index in [1.54, 1.807) is 0 Å². The molecule has 0 aromatic heterocycles. The van der Waals surface area contributed by atoms with Gasteiger partial charge in [-0.3, -0.25) is 0 Å². The van der Waals surface area contributed by atoms with Gasteiger partial charge in [0.05, 0.1) is 24.2 Å². The van der Waals surface area contributed by atoms with Crippen molar-refractivity contribution in [3.63, 3.8) is 0 Å². The standard InChI is InChI=1S/C33H46OSi3/c1-11-12-22-32-23-16-13-19-26(35(2,3)4)29(23)33(34,30-24(32)17-14-20-27(30)36(5,6)7)31-25(32)18-15-21-28(31)37(8,9)10/h13-21,34H,11-12,22H2,1-10H3. The van der Waals surface area contributed by atoms with Crippen LogP contribution in [0.2, 0.25) is 58.9 Å². The molecule has 6 rings (SSSR count). The van der Waals surface area contributed by atoms with Crippen LogP contribution in [0.1, 0.15) is 59.6 Å². The van der Waals surface area contributed by atoms with E-state index in [1.165, 1.54) is 61.8 Å².